The van der Waals surface area contributed by atoms with E-state index in [1.54, 1.807) is 6.20 Å². The van der Waals surface area contributed by atoms with E-state index >= 15 is 0 Å². The van der Waals surface area contributed by atoms with Gasteiger partial charge in [-0.05, 0) is 34.8 Å². The smallest absolute Gasteiger partial charge is 0.0645 e. The lowest BCUT2D eigenvalue weighted by Crippen LogP contribution is -2.10. The summed E-state index contributed by atoms with van der Waals surface area (Å²) >= 11 is 3.40. The molecule has 64 valence electrons. The minimum Gasteiger partial charge on any atom is -0.397 e. The quantitative estimate of drug-likeness (QED) is 0.800. The monoisotopic (exact) mass is 226 g/mol. The molecule has 0 saturated heterocycles. The number of pyridine rings is 1. The number of hydrogen-bond donors (Lipinski definition) is 1. The van der Waals surface area contributed by atoms with Crippen molar-refractivity contribution in [1.82, 2.24) is 4.98 Å². The molecule has 0 amide bonds. The normalized spacial score (nSPS) is 17.4. The van der Waals surface area contributed by atoms with Gasteiger partial charge in [-0.15, -0.1) is 0 Å². The van der Waals surface area contributed by atoms with E-state index in [9.17, 15) is 0 Å². The van der Waals surface area contributed by atoms with Crippen molar-refractivity contribution in [1.29, 1.82) is 0 Å². The van der Waals surface area contributed by atoms with Crippen LogP contribution in [0.4, 0.5) is 5.69 Å². The molecule has 2 N–H and O–H groups in total. The zero-order valence-electron chi connectivity index (χ0n) is 6.76. The number of aromatic nitrogens is 1. The lowest BCUT2D eigenvalue weighted by molar-refractivity contribution is 0.411. The van der Waals surface area contributed by atoms with Gasteiger partial charge in [-0.3, -0.25) is 4.98 Å². The van der Waals surface area contributed by atoms with Crippen molar-refractivity contribution in [2.75, 3.05) is 5.73 Å². The second-order valence-corrected chi connectivity index (χ2v) is 4.11. The molecule has 0 aliphatic heterocycles. The standard InChI is InChI=1S/C9H11BrN2/c10-7-4-9(6-2-1-3-6)12-5-8(7)11/h4-6H,1-3,11H2. The molecule has 1 heterocycles. The fourth-order valence-corrected chi connectivity index (χ4v) is 1.72. The minimum atomic E-state index is 0.682. The van der Waals surface area contributed by atoms with Crippen LogP contribution in [0.3, 0.4) is 0 Å². The molecule has 0 bridgehead atoms. The van der Waals surface area contributed by atoms with Crippen LogP contribution < -0.4 is 5.73 Å². The number of nitrogens with zero attached hydrogens (tertiary/aromatic N) is 1. The molecule has 1 aliphatic rings. The van der Waals surface area contributed by atoms with Gasteiger partial charge in [0.1, 0.15) is 0 Å². The third kappa shape index (κ3) is 1.33. The van der Waals surface area contributed by atoms with Crippen LogP contribution in [0.1, 0.15) is 30.9 Å². The zero-order valence-corrected chi connectivity index (χ0v) is 8.34. The van der Waals surface area contributed by atoms with Crippen LogP contribution in [-0.2, 0) is 0 Å². The fraction of sp³-hybridized carbons (Fsp3) is 0.444. The number of nitrogens with two attached hydrogens (primary N) is 1. The number of halogens is 1. The predicted molar refractivity (Wildman–Crippen MR) is 52.9 cm³/mol. The van der Waals surface area contributed by atoms with E-state index in [4.69, 9.17) is 5.73 Å². The maximum absolute atomic E-state index is 5.64. The summed E-state index contributed by atoms with van der Waals surface area (Å²) in [6.45, 7) is 0. The van der Waals surface area contributed by atoms with E-state index in [0.29, 0.717) is 5.92 Å². The van der Waals surface area contributed by atoms with Gasteiger partial charge in [0.15, 0.2) is 0 Å². The lowest BCUT2D eigenvalue weighted by Gasteiger charge is -2.24. The van der Waals surface area contributed by atoms with Gasteiger partial charge in [0.2, 0.25) is 0 Å². The molecule has 1 fully saturated rings. The van der Waals surface area contributed by atoms with Crippen molar-refractivity contribution in [2.24, 2.45) is 0 Å². The van der Waals surface area contributed by atoms with E-state index in [-0.39, 0.29) is 0 Å². The number of hydrogen-bond acceptors (Lipinski definition) is 2. The average molecular weight is 227 g/mol. The van der Waals surface area contributed by atoms with Gasteiger partial charge < -0.3 is 5.73 Å². The molecule has 0 unspecified atom stereocenters. The highest BCUT2D eigenvalue weighted by Crippen LogP contribution is 2.36. The summed E-state index contributed by atoms with van der Waals surface area (Å²) in [5.74, 6) is 0.682. The largest absolute Gasteiger partial charge is 0.397 e. The Balaban J connectivity index is 2.27. The highest BCUT2D eigenvalue weighted by molar-refractivity contribution is 9.10. The Morgan fingerprint density at radius 2 is 2.25 bits per heavy atom. The maximum Gasteiger partial charge on any atom is 0.0645 e. The molecular formula is C9H11BrN2. The Morgan fingerprint density at radius 1 is 1.50 bits per heavy atom. The first-order valence-corrected chi connectivity index (χ1v) is 4.97. The van der Waals surface area contributed by atoms with Crippen LogP contribution in [-0.4, -0.2) is 4.98 Å². The molecule has 1 aliphatic carbocycles. The van der Waals surface area contributed by atoms with Gasteiger partial charge in [-0.2, -0.15) is 0 Å². The summed E-state index contributed by atoms with van der Waals surface area (Å²) < 4.78 is 0.972. The van der Waals surface area contributed by atoms with Gasteiger partial charge in [-0.1, -0.05) is 6.42 Å². The molecule has 3 heteroatoms. The van der Waals surface area contributed by atoms with Crippen LogP contribution in [0.15, 0.2) is 16.7 Å². The predicted octanol–water partition coefficient (Wildman–Crippen LogP) is 2.69. The Bertz CT molecular complexity index is 295. The number of nitrogen functional groups attached to an aromatic ring is 1. The fourth-order valence-electron chi connectivity index (χ4n) is 1.38. The molecule has 12 heavy (non-hydrogen) atoms. The van der Waals surface area contributed by atoms with Crippen molar-refractivity contribution in [3.63, 3.8) is 0 Å². The van der Waals surface area contributed by atoms with Gasteiger partial charge in [0.25, 0.3) is 0 Å². The zero-order chi connectivity index (χ0) is 8.55. The molecule has 1 aromatic heterocycles. The lowest BCUT2D eigenvalue weighted by atomic mass is 9.83. The molecule has 0 radical (unpaired) electrons. The Kier molecular flexibility index (Phi) is 2.05. The average Bonchev–Trinajstić information content (AvgIpc) is 1.93. The van der Waals surface area contributed by atoms with Gasteiger partial charge in [0, 0.05) is 16.1 Å². The molecule has 0 atom stereocenters. The van der Waals surface area contributed by atoms with E-state index in [1.165, 1.54) is 25.0 Å². The summed E-state index contributed by atoms with van der Waals surface area (Å²) in [4.78, 5) is 4.31. The molecule has 0 spiro atoms. The van der Waals surface area contributed by atoms with Crippen LogP contribution >= 0.6 is 15.9 Å². The molecule has 2 rings (SSSR count). The van der Waals surface area contributed by atoms with Crippen molar-refractivity contribution in [3.05, 3.63) is 22.4 Å². The van der Waals surface area contributed by atoms with Crippen molar-refractivity contribution < 1.29 is 0 Å². The Morgan fingerprint density at radius 3 is 2.75 bits per heavy atom. The van der Waals surface area contributed by atoms with Crippen LogP contribution in [0, 0.1) is 0 Å². The molecule has 2 nitrogen and oxygen atoms in total. The molecule has 1 saturated carbocycles. The molecule has 0 aromatic carbocycles. The van der Waals surface area contributed by atoms with E-state index in [0.717, 1.165) is 10.2 Å². The second kappa shape index (κ2) is 3.05. The first-order chi connectivity index (χ1) is 5.77. The number of rotatable bonds is 1. The van der Waals surface area contributed by atoms with Gasteiger partial charge in [-0.25, -0.2) is 0 Å². The highest BCUT2D eigenvalue weighted by Gasteiger charge is 2.20. The third-order valence-electron chi connectivity index (χ3n) is 2.43. The summed E-state index contributed by atoms with van der Waals surface area (Å²) in [5, 5.41) is 0. The van der Waals surface area contributed by atoms with Crippen LogP contribution in [0.2, 0.25) is 0 Å². The van der Waals surface area contributed by atoms with Crippen LogP contribution in [0.25, 0.3) is 0 Å². The highest BCUT2D eigenvalue weighted by atomic mass is 79.9. The third-order valence-corrected chi connectivity index (χ3v) is 3.11. The van der Waals surface area contributed by atoms with Gasteiger partial charge in [0.05, 0.1) is 11.9 Å². The Labute approximate surface area is 80.3 Å². The minimum absolute atomic E-state index is 0.682. The van der Waals surface area contributed by atoms with E-state index in [2.05, 4.69) is 20.9 Å². The molecule has 1 aromatic rings. The summed E-state index contributed by atoms with van der Waals surface area (Å²) in [7, 11) is 0. The van der Waals surface area contributed by atoms with E-state index < -0.39 is 0 Å². The van der Waals surface area contributed by atoms with Crippen molar-refractivity contribution >= 4 is 21.6 Å². The first kappa shape index (κ1) is 8.05. The van der Waals surface area contributed by atoms with Gasteiger partial charge >= 0.3 is 0 Å². The summed E-state index contributed by atoms with van der Waals surface area (Å²) in [6, 6.07) is 2.04. The van der Waals surface area contributed by atoms with E-state index in [1.807, 2.05) is 6.07 Å². The second-order valence-electron chi connectivity index (χ2n) is 3.26. The van der Waals surface area contributed by atoms with Crippen molar-refractivity contribution in [2.45, 2.75) is 25.2 Å². The number of anilines is 1. The molecular weight excluding hydrogens is 216 g/mol. The Hall–Kier alpha value is -0.570. The maximum atomic E-state index is 5.64. The summed E-state index contributed by atoms with van der Waals surface area (Å²) in [5.41, 5.74) is 7.54. The SMILES string of the molecule is Nc1cnc(C2CCC2)cc1Br. The topological polar surface area (TPSA) is 38.9 Å². The first-order valence-electron chi connectivity index (χ1n) is 4.18. The summed E-state index contributed by atoms with van der Waals surface area (Å²) in [6.07, 6.45) is 5.64. The van der Waals surface area contributed by atoms with Crippen LogP contribution in [0.5, 0.6) is 0 Å². The van der Waals surface area contributed by atoms with Crippen molar-refractivity contribution in [3.8, 4) is 0 Å².